The number of carbonyl (C=O) groups excluding carboxylic acids is 3. The molecule has 7 nitrogen and oxygen atoms in total. The van der Waals surface area contributed by atoms with Crippen molar-refractivity contribution in [1.82, 2.24) is 0 Å². The second-order valence-corrected chi connectivity index (χ2v) is 8.71. The van der Waals surface area contributed by atoms with Gasteiger partial charge in [-0.3, -0.25) is 9.59 Å². The number of aliphatic hydroxyl groups is 1. The third-order valence-corrected chi connectivity index (χ3v) is 7.41. The Kier molecular flexibility index (Phi) is 3.45. The highest BCUT2D eigenvalue weighted by Gasteiger charge is 2.63. The van der Waals surface area contributed by atoms with Gasteiger partial charge in [0.1, 0.15) is 23.7 Å². The molecule has 1 N–H and O–H groups in total. The molecule has 1 fully saturated rings. The van der Waals surface area contributed by atoms with Crippen molar-refractivity contribution < 1.29 is 33.4 Å². The molecular formula is C21H22O7. The molecule has 0 saturated heterocycles. The Morgan fingerprint density at radius 1 is 1.29 bits per heavy atom. The van der Waals surface area contributed by atoms with Gasteiger partial charge in [-0.1, -0.05) is 6.92 Å². The van der Waals surface area contributed by atoms with Crippen LogP contribution in [0.4, 0.5) is 0 Å². The molecule has 0 aromatic carbocycles. The van der Waals surface area contributed by atoms with E-state index in [9.17, 15) is 19.5 Å². The van der Waals surface area contributed by atoms with Gasteiger partial charge in [0.15, 0.2) is 5.76 Å². The normalized spacial score (nSPS) is 38.9. The molecule has 7 heteroatoms. The van der Waals surface area contributed by atoms with E-state index in [1.165, 1.54) is 13.4 Å². The van der Waals surface area contributed by atoms with Crippen molar-refractivity contribution in [3.05, 3.63) is 34.3 Å². The number of methoxy groups -OCH3 is 1. The Balaban J connectivity index is 1.82. The average Bonchev–Trinajstić information content (AvgIpc) is 3.21. The van der Waals surface area contributed by atoms with Crippen LogP contribution in [0.1, 0.15) is 59.6 Å². The van der Waals surface area contributed by atoms with E-state index in [0.29, 0.717) is 29.6 Å². The molecule has 0 radical (unpaired) electrons. The molecule has 1 aromatic rings. The Hall–Kier alpha value is -2.25. The van der Waals surface area contributed by atoms with E-state index in [1.807, 2.05) is 13.8 Å². The van der Waals surface area contributed by atoms with Crippen molar-refractivity contribution in [2.24, 2.45) is 11.3 Å². The zero-order valence-electron chi connectivity index (χ0n) is 16.0. The van der Waals surface area contributed by atoms with E-state index >= 15 is 0 Å². The number of rotatable bonds is 2. The van der Waals surface area contributed by atoms with Gasteiger partial charge >= 0.3 is 5.97 Å². The molecule has 2 heterocycles. The lowest BCUT2D eigenvalue weighted by molar-refractivity contribution is -0.128. The number of allylic oxidation sites excluding steroid dienone is 1. The molecule has 1 unspecified atom stereocenters. The second kappa shape index (κ2) is 5.42. The van der Waals surface area contributed by atoms with E-state index in [1.54, 1.807) is 0 Å². The lowest BCUT2D eigenvalue weighted by Gasteiger charge is -2.51. The van der Waals surface area contributed by atoms with Gasteiger partial charge in [-0.2, -0.15) is 0 Å². The number of carbonyl (C=O) groups is 3. The van der Waals surface area contributed by atoms with Gasteiger partial charge in [0.25, 0.3) is 0 Å². The van der Waals surface area contributed by atoms with Gasteiger partial charge in [-0.05, 0) is 25.3 Å². The van der Waals surface area contributed by atoms with Gasteiger partial charge in [0.05, 0.1) is 18.1 Å². The molecule has 0 bridgehead atoms. The summed E-state index contributed by atoms with van der Waals surface area (Å²) in [6.07, 6.45) is 0.786. The first-order valence-electron chi connectivity index (χ1n) is 9.57. The van der Waals surface area contributed by atoms with E-state index in [2.05, 4.69) is 0 Å². The van der Waals surface area contributed by atoms with Crippen LogP contribution >= 0.6 is 0 Å². The number of ketones is 2. The molecule has 5 rings (SSSR count). The first-order chi connectivity index (χ1) is 13.2. The van der Waals surface area contributed by atoms with Crippen LogP contribution in [0, 0.1) is 11.3 Å². The van der Waals surface area contributed by atoms with E-state index in [0.717, 1.165) is 0 Å². The highest BCUT2D eigenvalue weighted by Crippen LogP contribution is 2.60. The van der Waals surface area contributed by atoms with Crippen molar-refractivity contribution in [2.75, 3.05) is 13.7 Å². The molecule has 28 heavy (non-hydrogen) atoms. The van der Waals surface area contributed by atoms with Crippen LogP contribution in [0.3, 0.4) is 0 Å². The molecule has 5 atom stereocenters. The zero-order chi connectivity index (χ0) is 20.0. The molecule has 4 aliphatic rings. The molecule has 0 spiro atoms. The number of Topliss-reactive ketones (excluding diaryl/α,β-unsaturated/α-hetero) is 2. The van der Waals surface area contributed by atoms with Crippen LogP contribution in [-0.4, -0.2) is 48.6 Å². The minimum absolute atomic E-state index is 0.0792. The summed E-state index contributed by atoms with van der Waals surface area (Å²) in [5.41, 5.74) is -0.00741. The summed E-state index contributed by atoms with van der Waals surface area (Å²) in [6, 6.07) is 0. The van der Waals surface area contributed by atoms with Crippen LogP contribution < -0.4 is 0 Å². The van der Waals surface area contributed by atoms with Crippen LogP contribution in [0.15, 0.2) is 21.8 Å². The van der Waals surface area contributed by atoms with Crippen LogP contribution in [0.5, 0.6) is 0 Å². The van der Waals surface area contributed by atoms with E-state index in [-0.39, 0.29) is 41.8 Å². The zero-order valence-corrected chi connectivity index (χ0v) is 16.0. The Labute approximate surface area is 161 Å². The lowest BCUT2D eigenvalue weighted by Crippen LogP contribution is -2.56. The minimum Gasteiger partial charge on any atom is -0.460 e. The second-order valence-electron chi connectivity index (χ2n) is 8.71. The smallest absolute Gasteiger partial charge is 0.342 e. The maximum atomic E-state index is 13.4. The summed E-state index contributed by atoms with van der Waals surface area (Å²) in [4.78, 5) is 38.5. The number of hydrogen-bond acceptors (Lipinski definition) is 7. The summed E-state index contributed by atoms with van der Waals surface area (Å²) in [6.45, 7) is 3.82. The molecule has 1 saturated carbocycles. The third kappa shape index (κ3) is 1.84. The maximum absolute atomic E-state index is 13.4. The summed E-state index contributed by atoms with van der Waals surface area (Å²) in [5, 5.41) is 11.2. The third-order valence-electron chi connectivity index (χ3n) is 7.41. The molecule has 148 valence electrons. The SMILES string of the molecule is COC[C@H]1OC(=O)c2coc3c2[C@@]1(C)C1=C(C3=O)C2CCC(=O)[C@@]2(C)C[C@H]1O. The Morgan fingerprint density at radius 3 is 2.75 bits per heavy atom. The molecule has 3 aliphatic carbocycles. The van der Waals surface area contributed by atoms with Gasteiger partial charge in [-0.15, -0.1) is 0 Å². The van der Waals surface area contributed by atoms with Gasteiger partial charge in [-0.25, -0.2) is 4.79 Å². The molecule has 1 aliphatic heterocycles. The minimum atomic E-state index is -0.987. The standard InChI is InChI=1S/C21H22O7/c1-20-6-11(22)16-14(10(20)4-5-12(20)23)17(24)18-15-9(7-27-18)19(25)28-13(8-26-3)21(15,16)2/h7,10-11,13,22H,4-6,8H2,1-3H3/t10?,11-,13-,20+,21+/m1/s1. The van der Waals surface area contributed by atoms with Gasteiger partial charge in [0.2, 0.25) is 5.78 Å². The number of furan rings is 1. The fourth-order valence-corrected chi connectivity index (χ4v) is 6.02. The fourth-order valence-electron chi connectivity index (χ4n) is 6.02. The van der Waals surface area contributed by atoms with Crippen molar-refractivity contribution in [2.45, 2.75) is 50.7 Å². The summed E-state index contributed by atoms with van der Waals surface area (Å²) >= 11 is 0. The Morgan fingerprint density at radius 2 is 2.04 bits per heavy atom. The molecule has 1 aromatic heterocycles. The fraction of sp³-hybridized carbons (Fsp3) is 0.571. The number of hydrogen-bond donors (Lipinski definition) is 1. The lowest BCUT2D eigenvalue weighted by atomic mass is 9.54. The predicted molar refractivity (Wildman–Crippen MR) is 95.0 cm³/mol. The summed E-state index contributed by atoms with van der Waals surface area (Å²) in [5.74, 6) is -0.970. The first kappa shape index (κ1) is 17.8. The summed E-state index contributed by atoms with van der Waals surface area (Å²) < 4.78 is 16.5. The van der Waals surface area contributed by atoms with Gasteiger partial charge < -0.3 is 19.0 Å². The number of aliphatic hydroxyl groups excluding tert-OH is 1. The molecule has 0 amide bonds. The van der Waals surface area contributed by atoms with Crippen LogP contribution in [-0.2, 0) is 19.7 Å². The first-order valence-corrected chi connectivity index (χ1v) is 9.57. The highest BCUT2D eigenvalue weighted by atomic mass is 16.6. The quantitative estimate of drug-likeness (QED) is 0.775. The number of ether oxygens (including phenoxy) is 2. The van der Waals surface area contributed by atoms with Crippen molar-refractivity contribution in [3.8, 4) is 0 Å². The average molecular weight is 386 g/mol. The van der Waals surface area contributed by atoms with Crippen LogP contribution in [0.2, 0.25) is 0 Å². The maximum Gasteiger partial charge on any atom is 0.342 e. The highest BCUT2D eigenvalue weighted by molar-refractivity contribution is 6.14. The number of fused-ring (bicyclic) bond motifs is 3. The van der Waals surface area contributed by atoms with Crippen molar-refractivity contribution in [1.29, 1.82) is 0 Å². The topological polar surface area (TPSA) is 103 Å². The molecular weight excluding hydrogens is 364 g/mol. The van der Waals surface area contributed by atoms with Gasteiger partial charge in [0, 0.05) is 36.0 Å². The van der Waals surface area contributed by atoms with Crippen molar-refractivity contribution >= 4 is 17.5 Å². The number of esters is 1. The summed E-state index contributed by atoms with van der Waals surface area (Å²) in [7, 11) is 1.51. The van der Waals surface area contributed by atoms with E-state index < -0.39 is 29.0 Å². The van der Waals surface area contributed by atoms with Crippen molar-refractivity contribution in [3.63, 3.8) is 0 Å². The van der Waals surface area contributed by atoms with Crippen LogP contribution in [0.25, 0.3) is 0 Å². The monoisotopic (exact) mass is 386 g/mol. The number of cyclic esters (lactones) is 1. The van der Waals surface area contributed by atoms with E-state index in [4.69, 9.17) is 13.9 Å². The predicted octanol–water partition coefficient (Wildman–Crippen LogP) is 1.97. The largest absolute Gasteiger partial charge is 0.460 e. The Bertz CT molecular complexity index is 969.